The maximum atomic E-state index is 11.8. The van der Waals surface area contributed by atoms with Crippen molar-refractivity contribution in [3.8, 4) is 17.4 Å². The molecular formula is C18H16N2O5. The van der Waals surface area contributed by atoms with Crippen LogP contribution >= 0.6 is 0 Å². The number of rotatable bonds is 6. The molecule has 7 heteroatoms. The third-order valence-electron chi connectivity index (χ3n) is 3.14. The van der Waals surface area contributed by atoms with Crippen LogP contribution in [0.1, 0.15) is 19.6 Å². The molecule has 0 unspecified atom stereocenters. The molecule has 0 aliphatic heterocycles. The van der Waals surface area contributed by atoms with Crippen molar-refractivity contribution in [2.24, 2.45) is 5.92 Å². The van der Waals surface area contributed by atoms with Crippen LogP contribution in [0.5, 0.6) is 0 Å². The van der Waals surface area contributed by atoms with Crippen molar-refractivity contribution in [3.05, 3.63) is 57.8 Å². The number of nitriles is 1. The van der Waals surface area contributed by atoms with Gasteiger partial charge in [0.1, 0.15) is 23.2 Å². The van der Waals surface area contributed by atoms with E-state index in [4.69, 9.17) is 14.4 Å². The van der Waals surface area contributed by atoms with Gasteiger partial charge in [0.25, 0.3) is 5.69 Å². The topological polar surface area (TPSA) is 106 Å². The van der Waals surface area contributed by atoms with Gasteiger partial charge in [-0.1, -0.05) is 26.0 Å². The van der Waals surface area contributed by atoms with Gasteiger partial charge in [-0.25, -0.2) is 4.79 Å². The summed E-state index contributed by atoms with van der Waals surface area (Å²) in [6.07, 6.45) is 1.28. The Labute approximate surface area is 144 Å². The average molecular weight is 340 g/mol. The van der Waals surface area contributed by atoms with Gasteiger partial charge in [-0.2, -0.15) is 5.26 Å². The number of hydrogen-bond donors (Lipinski definition) is 0. The number of benzene rings is 1. The molecule has 2 rings (SSSR count). The van der Waals surface area contributed by atoms with Gasteiger partial charge in [-0.05, 0) is 18.1 Å². The molecule has 0 fully saturated rings. The quantitative estimate of drug-likeness (QED) is 0.259. The predicted octanol–water partition coefficient (Wildman–Crippen LogP) is 3.96. The van der Waals surface area contributed by atoms with E-state index in [-0.39, 0.29) is 29.5 Å². The first kappa shape index (κ1) is 17.9. The van der Waals surface area contributed by atoms with Crippen molar-refractivity contribution in [3.63, 3.8) is 0 Å². The molecule has 25 heavy (non-hydrogen) atoms. The molecule has 0 amide bonds. The van der Waals surface area contributed by atoms with E-state index in [2.05, 4.69) is 0 Å². The Bertz CT molecular complexity index is 858. The van der Waals surface area contributed by atoms with Crippen molar-refractivity contribution in [2.75, 3.05) is 6.61 Å². The SMILES string of the molecule is CC(C)COC(=O)C(C#N)=Cc1ccc(-c2cccc([N+](=O)[O-])c2)o1. The molecule has 0 N–H and O–H groups in total. The van der Waals surface area contributed by atoms with Gasteiger partial charge in [0.2, 0.25) is 0 Å². The van der Waals surface area contributed by atoms with Crippen LogP contribution in [0, 0.1) is 27.4 Å². The second kappa shape index (κ2) is 7.93. The minimum absolute atomic E-state index is 0.0547. The number of non-ortho nitro benzene ring substituents is 1. The molecule has 2 aromatic rings. The van der Waals surface area contributed by atoms with Gasteiger partial charge < -0.3 is 9.15 Å². The minimum atomic E-state index is -0.718. The molecular weight excluding hydrogens is 324 g/mol. The molecule has 0 aliphatic carbocycles. The van der Waals surface area contributed by atoms with E-state index in [1.165, 1.54) is 18.2 Å². The van der Waals surface area contributed by atoms with Crippen molar-refractivity contribution in [1.29, 1.82) is 5.26 Å². The van der Waals surface area contributed by atoms with Gasteiger partial charge in [0.05, 0.1) is 11.5 Å². The average Bonchev–Trinajstić information content (AvgIpc) is 3.06. The summed E-state index contributed by atoms with van der Waals surface area (Å²) in [5.41, 5.74) is 0.288. The number of furan rings is 1. The molecule has 1 heterocycles. The second-order valence-corrected chi connectivity index (χ2v) is 5.67. The van der Waals surface area contributed by atoms with Crippen LogP contribution in [0.25, 0.3) is 17.4 Å². The fraction of sp³-hybridized carbons (Fsp3) is 0.222. The van der Waals surface area contributed by atoms with Crippen molar-refractivity contribution in [2.45, 2.75) is 13.8 Å². The smallest absolute Gasteiger partial charge is 0.349 e. The third-order valence-corrected chi connectivity index (χ3v) is 3.14. The summed E-state index contributed by atoms with van der Waals surface area (Å²) in [6.45, 7) is 4.00. The lowest BCUT2D eigenvalue weighted by Crippen LogP contribution is -2.11. The number of esters is 1. The van der Waals surface area contributed by atoms with Gasteiger partial charge in [0.15, 0.2) is 0 Å². The van der Waals surface area contributed by atoms with Crippen LogP contribution in [-0.4, -0.2) is 17.5 Å². The van der Waals surface area contributed by atoms with Crippen molar-refractivity contribution >= 4 is 17.7 Å². The Morgan fingerprint density at radius 1 is 1.40 bits per heavy atom. The van der Waals surface area contributed by atoms with E-state index in [9.17, 15) is 14.9 Å². The lowest BCUT2D eigenvalue weighted by Gasteiger charge is -2.05. The number of ether oxygens (including phenoxy) is 1. The first-order valence-electron chi connectivity index (χ1n) is 7.54. The Morgan fingerprint density at radius 3 is 2.80 bits per heavy atom. The van der Waals surface area contributed by atoms with E-state index in [1.54, 1.807) is 30.3 Å². The molecule has 0 radical (unpaired) electrons. The van der Waals surface area contributed by atoms with Crippen LogP contribution in [0.3, 0.4) is 0 Å². The van der Waals surface area contributed by atoms with E-state index >= 15 is 0 Å². The van der Waals surface area contributed by atoms with Crippen molar-refractivity contribution < 1.29 is 18.9 Å². The zero-order valence-electron chi connectivity index (χ0n) is 13.8. The Morgan fingerprint density at radius 2 is 2.16 bits per heavy atom. The highest BCUT2D eigenvalue weighted by molar-refractivity contribution is 5.97. The summed E-state index contributed by atoms with van der Waals surface area (Å²) in [6, 6.07) is 10.9. The lowest BCUT2D eigenvalue weighted by molar-refractivity contribution is -0.384. The zero-order valence-corrected chi connectivity index (χ0v) is 13.8. The van der Waals surface area contributed by atoms with Gasteiger partial charge in [-0.3, -0.25) is 10.1 Å². The Kier molecular flexibility index (Phi) is 5.69. The minimum Gasteiger partial charge on any atom is -0.461 e. The lowest BCUT2D eigenvalue weighted by atomic mass is 10.1. The number of hydrogen-bond acceptors (Lipinski definition) is 6. The molecule has 128 valence electrons. The van der Waals surface area contributed by atoms with E-state index in [1.807, 2.05) is 13.8 Å². The molecule has 7 nitrogen and oxygen atoms in total. The van der Waals surface area contributed by atoms with E-state index < -0.39 is 10.9 Å². The summed E-state index contributed by atoms with van der Waals surface area (Å²) in [7, 11) is 0. The van der Waals surface area contributed by atoms with Gasteiger partial charge in [0, 0.05) is 23.8 Å². The molecule has 0 saturated heterocycles. The summed E-state index contributed by atoms with van der Waals surface area (Å²) in [4.78, 5) is 22.2. The van der Waals surface area contributed by atoms with Gasteiger partial charge >= 0.3 is 5.97 Å². The fourth-order valence-electron chi connectivity index (χ4n) is 1.96. The standard InChI is InChI=1S/C18H16N2O5/c1-12(2)11-24-18(21)14(10-19)9-16-6-7-17(25-16)13-4-3-5-15(8-13)20(22)23/h3-9,12H,11H2,1-2H3. The number of carbonyl (C=O) groups is 1. The Hall–Kier alpha value is -3.40. The van der Waals surface area contributed by atoms with Crippen LogP contribution in [0.2, 0.25) is 0 Å². The first-order valence-corrected chi connectivity index (χ1v) is 7.54. The normalized spacial score (nSPS) is 11.2. The Balaban J connectivity index is 2.22. The summed E-state index contributed by atoms with van der Waals surface area (Å²) in [5.74, 6) is 0.111. The molecule has 1 aromatic carbocycles. The molecule has 0 saturated carbocycles. The summed E-state index contributed by atoms with van der Waals surface area (Å²) < 4.78 is 10.6. The molecule has 0 spiro atoms. The monoisotopic (exact) mass is 340 g/mol. The highest BCUT2D eigenvalue weighted by atomic mass is 16.6. The number of carbonyl (C=O) groups excluding carboxylic acids is 1. The molecule has 0 atom stereocenters. The van der Waals surface area contributed by atoms with Crippen LogP contribution < -0.4 is 0 Å². The predicted molar refractivity (Wildman–Crippen MR) is 90.2 cm³/mol. The van der Waals surface area contributed by atoms with Crippen molar-refractivity contribution in [1.82, 2.24) is 0 Å². The highest BCUT2D eigenvalue weighted by Gasteiger charge is 2.14. The van der Waals surface area contributed by atoms with Crippen LogP contribution in [0.15, 0.2) is 46.4 Å². The van der Waals surface area contributed by atoms with Gasteiger partial charge in [-0.15, -0.1) is 0 Å². The largest absolute Gasteiger partial charge is 0.461 e. The summed E-state index contributed by atoms with van der Waals surface area (Å²) >= 11 is 0. The highest BCUT2D eigenvalue weighted by Crippen LogP contribution is 2.26. The fourth-order valence-corrected chi connectivity index (χ4v) is 1.96. The maximum Gasteiger partial charge on any atom is 0.349 e. The number of nitro benzene ring substituents is 1. The molecule has 0 aliphatic rings. The second-order valence-electron chi connectivity index (χ2n) is 5.67. The molecule has 0 bridgehead atoms. The maximum absolute atomic E-state index is 11.8. The van der Waals surface area contributed by atoms with Crippen LogP contribution in [-0.2, 0) is 9.53 Å². The van der Waals surface area contributed by atoms with Crippen LogP contribution in [0.4, 0.5) is 5.69 Å². The number of nitro groups is 1. The van der Waals surface area contributed by atoms with E-state index in [0.29, 0.717) is 11.3 Å². The third kappa shape index (κ3) is 4.78. The summed E-state index contributed by atoms with van der Waals surface area (Å²) in [5, 5.41) is 19.9. The van der Waals surface area contributed by atoms with E-state index in [0.717, 1.165) is 0 Å². The molecule has 1 aromatic heterocycles. The number of nitrogens with zero attached hydrogens (tertiary/aromatic N) is 2. The first-order chi connectivity index (χ1) is 11.9. The zero-order chi connectivity index (χ0) is 18.4.